The fourth-order valence-corrected chi connectivity index (χ4v) is 2.28. The normalized spacial score (nSPS) is 11.3. The lowest BCUT2D eigenvalue weighted by Gasteiger charge is -2.18. The molecule has 2 aromatic rings. The maximum absolute atomic E-state index is 12.6. The van der Waals surface area contributed by atoms with Crippen LogP contribution in [0.5, 0.6) is 0 Å². The highest BCUT2D eigenvalue weighted by Crippen LogP contribution is 2.30. The zero-order chi connectivity index (χ0) is 18.6. The Bertz CT molecular complexity index is 741. The Balaban J connectivity index is 2.24. The van der Waals surface area contributed by atoms with Crippen LogP contribution in [-0.2, 0) is 6.18 Å². The van der Waals surface area contributed by atoms with Crippen molar-refractivity contribution in [3.8, 4) is 0 Å². The standard InChI is InChI=1S/C17H19F3N4O/c1-4-24(5-2)15(25)14-10-11(3)21-16(23-14)22-13-8-6-12(7-9-13)17(18,19)20/h6-10H,4-5H2,1-3H3,(H,21,22,23). The van der Waals surface area contributed by atoms with Crippen LogP contribution >= 0.6 is 0 Å². The molecule has 0 saturated carbocycles. The molecule has 2 rings (SSSR count). The number of benzene rings is 1. The molecule has 0 bridgehead atoms. The third-order valence-electron chi connectivity index (χ3n) is 3.59. The van der Waals surface area contributed by atoms with Gasteiger partial charge in [0.1, 0.15) is 5.69 Å². The van der Waals surface area contributed by atoms with E-state index in [1.807, 2.05) is 13.8 Å². The van der Waals surface area contributed by atoms with Crippen molar-refractivity contribution in [2.45, 2.75) is 26.9 Å². The lowest BCUT2D eigenvalue weighted by atomic mass is 10.2. The molecular weight excluding hydrogens is 333 g/mol. The summed E-state index contributed by atoms with van der Waals surface area (Å²) in [4.78, 5) is 22.4. The number of nitrogens with one attached hydrogen (secondary N) is 1. The second-order valence-corrected chi connectivity index (χ2v) is 5.40. The van der Waals surface area contributed by atoms with E-state index in [9.17, 15) is 18.0 Å². The van der Waals surface area contributed by atoms with Gasteiger partial charge in [0.15, 0.2) is 0 Å². The van der Waals surface area contributed by atoms with Gasteiger partial charge in [-0.1, -0.05) is 0 Å². The fourth-order valence-electron chi connectivity index (χ4n) is 2.28. The first-order chi connectivity index (χ1) is 11.7. The second-order valence-electron chi connectivity index (χ2n) is 5.40. The van der Waals surface area contributed by atoms with Gasteiger partial charge >= 0.3 is 6.18 Å². The summed E-state index contributed by atoms with van der Waals surface area (Å²) in [5.74, 6) is -0.0544. The van der Waals surface area contributed by atoms with Crippen LogP contribution in [0.1, 0.15) is 35.6 Å². The molecule has 1 N–H and O–H groups in total. The highest BCUT2D eigenvalue weighted by Gasteiger charge is 2.30. The van der Waals surface area contributed by atoms with Crippen LogP contribution in [0.4, 0.5) is 24.8 Å². The van der Waals surface area contributed by atoms with E-state index in [1.165, 1.54) is 12.1 Å². The van der Waals surface area contributed by atoms with Crippen LogP contribution < -0.4 is 5.32 Å². The van der Waals surface area contributed by atoms with Crippen molar-refractivity contribution in [3.63, 3.8) is 0 Å². The number of anilines is 2. The number of rotatable bonds is 5. The molecule has 0 unspecified atom stereocenters. The third kappa shape index (κ3) is 4.68. The Morgan fingerprint density at radius 1 is 1.12 bits per heavy atom. The van der Waals surface area contributed by atoms with Crippen molar-refractivity contribution < 1.29 is 18.0 Å². The van der Waals surface area contributed by atoms with Crippen LogP contribution in [-0.4, -0.2) is 33.9 Å². The van der Waals surface area contributed by atoms with E-state index >= 15 is 0 Å². The topological polar surface area (TPSA) is 58.1 Å². The van der Waals surface area contributed by atoms with Crippen LogP contribution in [0.25, 0.3) is 0 Å². The number of aromatic nitrogens is 2. The molecule has 0 atom stereocenters. The highest BCUT2D eigenvalue weighted by atomic mass is 19.4. The molecule has 0 fully saturated rings. The molecule has 0 aliphatic heterocycles. The van der Waals surface area contributed by atoms with E-state index in [4.69, 9.17) is 0 Å². The number of nitrogens with zero attached hydrogens (tertiary/aromatic N) is 3. The van der Waals surface area contributed by atoms with Crippen molar-refractivity contribution in [2.24, 2.45) is 0 Å². The van der Waals surface area contributed by atoms with Crippen LogP contribution in [0.15, 0.2) is 30.3 Å². The molecule has 1 heterocycles. The quantitative estimate of drug-likeness (QED) is 0.883. The van der Waals surface area contributed by atoms with Gasteiger partial charge in [0, 0.05) is 24.5 Å². The number of aryl methyl sites for hydroxylation is 1. The minimum atomic E-state index is -4.39. The van der Waals surface area contributed by atoms with Crippen molar-refractivity contribution in [3.05, 3.63) is 47.3 Å². The molecule has 1 amide bonds. The fraction of sp³-hybridized carbons (Fsp3) is 0.353. The minimum absolute atomic E-state index is 0.162. The molecule has 1 aromatic carbocycles. The zero-order valence-electron chi connectivity index (χ0n) is 14.2. The molecule has 1 aromatic heterocycles. The highest BCUT2D eigenvalue weighted by molar-refractivity contribution is 5.92. The van der Waals surface area contributed by atoms with Crippen molar-refractivity contribution >= 4 is 17.5 Å². The summed E-state index contributed by atoms with van der Waals surface area (Å²) in [5, 5.41) is 2.83. The average Bonchev–Trinajstić information content (AvgIpc) is 2.55. The van der Waals surface area contributed by atoms with E-state index in [-0.39, 0.29) is 17.5 Å². The van der Waals surface area contributed by atoms with E-state index in [1.54, 1.807) is 17.9 Å². The van der Waals surface area contributed by atoms with Crippen LogP contribution in [0.3, 0.4) is 0 Å². The predicted molar refractivity (Wildman–Crippen MR) is 88.7 cm³/mol. The van der Waals surface area contributed by atoms with Crippen LogP contribution in [0.2, 0.25) is 0 Å². The first-order valence-corrected chi connectivity index (χ1v) is 7.83. The molecule has 25 heavy (non-hydrogen) atoms. The van der Waals surface area contributed by atoms with E-state index < -0.39 is 11.7 Å². The Morgan fingerprint density at radius 3 is 2.24 bits per heavy atom. The average molecular weight is 352 g/mol. The summed E-state index contributed by atoms with van der Waals surface area (Å²) in [5.41, 5.74) is 0.492. The van der Waals surface area contributed by atoms with Crippen LogP contribution in [0, 0.1) is 6.92 Å². The summed E-state index contributed by atoms with van der Waals surface area (Å²) in [7, 11) is 0. The summed E-state index contributed by atoms with van der Waals surface area (Å²) in [6.45, 7) is 6.58. The number of amides is 1. The maximum Gasteiger partial charge on any atom is 0.416 e. The molecular formula is C17H19F3N4O. The van der Waals surface area contributed by atoms with Gasteiger partial charge in [-0.3, -0.25) is 4.79 Å². The van der Waals surface area contributed by atoms with Gasteiger partial charge in [-0.2, -0.15) is 13.2 Å². The first kappa shape index (κ1) is 18.7. The number of carbonyl (C=O) groups excluding carboxylic acids is 1. The molecule has 5 nitrogen and oxygen atoms in total. The smallest absolute Gasteiger partial charge is 0.338 e. The maximum atomic E-state index is 12.6. The Morgan fingerprint density at radius 2 is 1.72 bits per heavy atom. The number of carbonyl (C=O) groups is 1. The molecule has 0 spiro atoms. The molecule has 0 saturated heterocycles. The van der Waals surface area contributed by atoms with Gasteiger partial charge in [0.25, 0.3) is 5.91 Å². The molecule has 0 aliphatic rings. The summed E-state index contributed by atoms with van der Waals surface area (Å²) in [6, 6.07) is 6.11. The molecule has 0 aliphatic carbocycles. The lowest BCUT2D eigenvalue weighted by molar-refractivity contribution is -0.137. The second kappa shape index (κ2) is 7.50. The van der Waals surface area contributed by atoms with Gasteiger partial charge < -0.3 is 10.2 Å². The SMILES string of the molecule is CCN(CC)C(=O)c1cc(C)nc(Nc2ccc(C(F)(F)F)cc2)n1. The van der Waals surface area contributed by atoms with Gasteiger partial charge in [-0.05, 0) is 51.1 Å². The Kier molecular flexibility index (Phi) is 5.61. The largest absolute Gasteiger partial charge is 0.416 e. The van der Waals surface area contributed by atoms with E-state index in [0.717, 1.165) is 12.1 Å². The monoisotopic (exact) mass is 352 g/mol. The molecule has 8 heteroatoms. The summed E-state index contributed by atoms with van der Waals surface area (Å²) in [6.07, 6.45) is -4.39. The molecule has 134 valence electrons. The summed E-state index contributed by atoms with van der Waals surface area (Å²) < 4.78 is 37.8. The Labute approximate surface area is 143 Å². The van der Waals surface area contributed by atoms with E-state index in [0.29, 0.717) is 24.5 Å². The number of hydrogen-bond donors (Lipinski definition) is 1. The van der Waals surface area contributed by atoms with E-state index in [2.05, 4.69) is 15.3 Å². The zero-order valence-corrected chi connectivity index (χ0v) is 14.2. The minimum Gasteiger partial charge on any atom is -0.338 e. The van der Waals surface area contributed by atoms with Crippen molar-refractivity contribution in [1.29, 1.82) is 0 Å². The predicted octanol–water partition coefficient (Wildman–Crippen LogP) is 4.03. The van der Waals surface area contributed by atoms with Gasteiger partial charge in [-0.15, -0.1) is 0 Å². The number of hydrogen-bond acceptors (Lipinski definition) is 4. The van der Waals surface area contributed by atoms with Crippen molar-refractivity contribution in [2.75, 3.05) is 18.4 Å². The van der Waals surface area contributed by atoms with Gasteiger partial charge in [0.05, 0.1) is 5.56 Å². The Hall–Kier alpha value is -2.64. The first-order valence-electron chi connectivity index (χ1n) is 7.83. The van der Waals surface area contributed by atoms with Gasteiger partial charge in [0.2, 0.25) is 5.95 Å². The third-order valence-corrected chi connectivity index (χ3v) is 3.59. The lowest BCUT2D eigenvalue weighted by Crippen LogP contribution is -2.31. The molecule has 0 radical (unpaired) electrons. The number of alkyl halides is 3. The number of halogens is 3. The van der Waals surface area contributed by atoms with Crippen molar-refractivity contribution in [1.82, 2.24) is 14.9 Å². The van der Waals surface area contributed by atoms with Gasteiger partial charge in [-0.25, -0.2) is 9.97 Å². The summed E-state index contributed by atoms with van der Waals surface area (Å²) >= 11 is 0.